The molecule has 3 atom stereocenters. The fourth-order valence-electron chi connectivity index (χ4n) is 3.26. The van der Waals surface area contributed by atoms with Crippen LogP contribution in [-0.2, 0) is 4.79 Å². The van der Waals surface area contributed by atoms with Crippen LogP contribution in [0.5, 0.6) is 0 Å². The van der Waals surface area contributed by atoms with Gasteiger partial charge in [-0.15, -0.1) is 0 Å². The molecule has 1 aliphatic carbocycles. The molecule has 0 aromatic carbocycles. The number of fused-ring (bicyclic) bond motifs is 1. The number of hydrogen-bond acceptors (Lipinski definition) is 2. The summed E-state index contributed by atoms with van der Waals surface area (Å²) < 4.78 is 0. The monoisotopic (exact) mass is 208 g/mol. The average Bonchev–Trinajstić information content (AvgIpc) is 2.24. The third-order valence-electron chi connectivity index (χ3n) is 4.46. The van der Waals surface area contributed by atoms with Crippen molar-refractivity contribution in [2.45, 2.75) is 50.4 Å². The lowest BCUT2D eigenvalue weighted by Crippen LogP contribution is -2.50. The Kier molecular flexibility index (Phi) is 2.80. The topological polar surface area (TPSA) is 46.3 Å². The number of hydrogen-bond donors (Lipinski definition) is 1. The van der Waals surface area contributed by atoms with Gasteiger partial charge in [0.1, 0.15) is 0 Å². The Labute approximate surface area is 92.6 Å². The van der Waals surface area contributed by atoms with Crippen molar-refractivity contribution in [1.82, 2.24) is 4.90 Å². The summed E-state index contributed by atoms with van der Waals surface area (Å²) in [6.45, 7) is 2.29. The predicted molar refractivity (Wildman–Crippen MR) is 62.8 cm³/mol. The van der Waals surface area contributed by atoms with Crippen LogP contribution in [0.1, 0.15) is 39.0 Å². The summed E-state index contributed by atoms with van der Waals surface area (Å²) in [5.74, 6) is 1.02. The summed E-state index contributed by atoms with van der Waals surface area (Å²) in [7, 11) is 2.75. The lowest BCUT2D eigenvalue weighted by Gasteiger charge is -2.48. The first-order valence-corrected chi connectivity index (χ1v) is 6.01. The van der Waals surface area contributed by atoms with E-state index < -0.39 is 0 Å². The minimum absolute atomic E-state index is 0.322. The highest BCUT2D eigenvalue weighted by molar-refractivity contribution is 6.35. The Hall–Kier alpha value is -0.505. The van der Waals surface area contributed by atoms with Gasteiger partial charge in [-0.2, -0.15) is 0 Å². The second-order valence-corrected chi connectivity index (χ2v) is 5.63. The maximum Gasteiger partial charge on any atom is 0.222 e. The van der Waals surface area contributed by atoms with Crippen LogP contribution < -0.4 is 5.64 Å². The molecule has 1 heterocycles. The van der Waals surface area contributed by atoms with Gasteiger partial charge in [0.05, 0.1) is 0 Å². The predicted octanol–water partition coefficient (Wildman–Crippen LogP) is 0.896. The van der Waals surface area contributed by atoms with E-state index in [2.05, 4.69) is 6.92 Å². The second kappa shape index (κ2) is 3.82. The van der Waals surface area contributed by atoms with Crippen molar-refractivity contribution in [1.29, 1.82) is 0 Å². The molecule has 84 valence electrons. The van der Waals surface area contributed by atoms with Crippen LogP contribution in [0.25, 0.3) is 0 Å². The van der Waals surface area contributed by atoms with Crippen molar-refractivity contribution in [2.24, 2.45) is 11.6 Å². The van der Waals surface area contributed by atoms with Gasteiger partial charge in [-0.3, -0.25) is 4.79 Å². The van der Waals surface area contributed by atoms with Crippen molar-refractivity contribution in [3.63, 3.8) is 0 Å². The quantitative estimate of drug-likeness (QED) is 0.650. The Morgan fingerprint density at radius 1 is 1.53 bits per heavy atom. The average molecular weight is 208 g/mol. The van der Waals surface area contributed by atoms with Crippen molar-refractivity contribution < 1.29 is 4.79 Å². The number of rotatable bonds is 1. The first-order chi connectivity index (χ1) is 7.06. The van der Waals surface area contributed by atoms with E-state index in [1.807, 2.05) is 11.9 Å². The van der Waals surface area contributed by atoms with Crippen molar-refractivity contribution in [2.75, 3.05) is 7.05 Å². The number of amides is 1. The van der Waals surface area contributed by atoms with Crippen LogP contribution in [0.3, 0.4) is 0 Å². The summed E-state index contributed by atoms with van der Waals surface area (Å²) in [6.07, 6.45) is 5.32. The number of piperidine rings is 1. The van der Waals surface area contributed by atoms with Gasteiger partial charge in [-0.25, -0.2) is 0 Å². The summed E-state index contributed by atoms with van der Waals surface area (Å²) in [4.78, 5) is 13.6. The molecule has 0 aromatic rings. The van der Waals surface area contributed by atoms with Crippen LogP contribution in [0, 0.1) is 5.92 Å². The lowest BCUT2D eigenvalue weighted by molar-refractivity contribution is -0.138. The first kappa shape index (κ1) is 11.0. The van der Waals surface area contributed by atoms with Crippen LogP contribution >= 0.6 is 0 Å². The van der Waals surface area contributed by atoms with Crippen LogP contribution in [0.4, 0.5) is 0 Å². The molecule has 1 aliphatic heterocycles. The standard InChI is InChI=1S/C11H21BN2O/c1-11(12-13)6-5-9-8(7-11)3-4-10(15)14(9)2/h8-9,12H,3-7,13H2,1-2H3. The molecule has 4 heteroatoms. The lowest BCUT2D eigenvalue weighted by atomic mass is 9.52. The second-order valence-electron chi connectivity index (χ2n) is 5.63. The summed E-state index contributed by atoms with van der Waals surface area (Å²) in [5, 5.41) is 0.322. The van der Waals surface area contributed by atoms with Crippen LogP contribution in [0.15, 0.2) is 0 Å². The van der Waals surface area contributed by atoms with E-state index in [1.165, 1.54) is 12.8 Å². The molecule has 0 aromatic heterocycles. The van der Waals surface area contributed by atoms with E-state index >= 15 is 0 Å². The Bertz CT molecular complexity index is 271. The van der Waals surface area contributed by atoms with Crippen molar-refractivity contribution in [3.8, 4) is 0 Å². The molecule has 0 bridgehead atoms. The van der Waals surface area contributed by atoms with Crippen molar-refractivity contribution >= 4 is 13.3 Å². The van der Waals surface area contributed by atoms with Gasteiger partial charge in [-0.05, 0) is 30.5 Å². The zero-order chi connectivity index (χ0) is 11.1. The number of carbonyl (C=O) groups is 1. The molecule has 1 saturated heterocycles. The minimum atomic E-state index is 0.322. The SMILES string of the molecule is CN1C(=O)CCC2CC(C)(BN)CCC21. The van der Waals surface area contributed by atoms with Gasteiger partial charge < -0.3 is 10.5 Å². The minimum Gasteiger partial charge on any atom is -0.372 e. The van der Waals surface area contributed by atoms with E-state index in [-0.39, 0.29) is 0 Å². The van der Waals surface area contributed by atoms with Gasteiger partial charge in [0.25, 0.3) is 0 Å². The largest absolute Gasteiger partial charge is 0.372 e. The molecule has 1 amide bonds. The van der Waals surface area contributed by atoms with Gasteiger partial charge >= 0.3 is 0 Å². The molecule has 2 fully saturated rings. The highest BCUT2D eigenvalue weighted by Gasteiger charge is 2.42. The van der Waals surface area contributed by atoms with E-state index in [1.54, 1.807) is 0 Å². The summed E-state index contributed by atoms with van der Waals surface area (Å²) in [5.41, 5.74) is 5.84. The molecule has 3 unspecified atom stereocenters. The Morgan fingerprint density at radius 2 is 2.27 bits per heavy atom. The van der Waals surface area contributed by atoms with Crippen LogP contribution in [-0.4, -0.2) is 31.3 Å². The van der Waals surface area contributed by atoms with Gasteiger partial charge in [0, 0.05) is 19.5 Å². The maximum atomic E-state index is 11.6. The fourth-order valence-corrected chi connectivity index (χ4v) is 3.26. The molecule has 2 aliphatic rings. The molecule has 2 rings (SSSR count). The van der Waals surface area contributed by atoms with E-state index in [4.69, 9.17) is 5.64 Å². The highest BCUT2D eigenvalue weighted by atomic mass is 16.2. The van der Waals surface area contributed by atoms with Crippen LogP contribution in [0.2, 0.25) is 5.31 Å². The number of nitrogens with two attached hydrogens (primary N) is 1. The van der Waals surface area contributed by atoms with Gasteiger partial charge in [0.15, 0.2) is 0 Å². The smallest absolute Gasteiger partial charge is 0.222 e. The third kappa shape index (κ3) is 1.92. The number of nitrogens with zero attached hydrogens (tertiary/aromatic N) is 1. The molecule has 15 heavy (non-hydrogen) atoms. The summed E-state index contributed by atoms with van der Waals surface area (Å²) in [6, 6.07) is 0.492. The molecular weight excluding hydrogens is 187 g/mol. The molecule has 3 nitrogen and oxygen atoms in total. The van der Waals surface area contributed by atoms with E-state index in [0.29, 0.717) is 23.2 Å². The summed E-state index contributed by atoms with van der Waals surface area (Å²) >= 11 is 0. The normalized spacial score (nSPS) is 41.3. The van der Waals surface area contributed by atoms with E-state index in [0.717, 1.165) is 26.7 Å². The molecule has 0 radical (unpaired) electrons. The molecule has 1 saturated carbocycles. The number of likely N-dealkylation sites (tertiary alicyclic amines) is 1. The Balaban J connectivity index is 2.08. The Morgan fingerprint density at radius 3 is 2.93 bits per heavy atom. The van der Waals surface area contributed by atoms with Gasteiger partial charge in [-0.1, -0.05) is 13.3 Å². The zero-order valence-corrected chi connectivity index (χ0v) is 9.83. The maximum absolute atomic E-state index is 11.6. The fraction of sp³-hybridized carbons (Fsp3) is 0.909. The molecule has 2 N–H and O–H groups in total. The first-order valence-electron chi connectivity index (χ1n) is 6.01. The van der Waals surface area contributed by atoms with E-state index in [9.17, 15) is 4.79 Å². The third-order valence-corrected chi connectivity index (χ3v) is 4.46. The van der Waals surface area contributed by atoms with Crippen molar-refractivity contribution in [3.05, 3.63) is 0 Å². The highest BCUT2D eigenvalue weighted by Crippen LogP contribution is 2.47. The molecule has 0 spiro atoms. The van der Waals surface area contributed by atoms with Gasteiger partial charge in [0.2, 0.25) is 13.3 Å². The number of carbonyl (C=O) groups excluding carboxylic acids is 1. The molecular formula is C11H21BN2O. The zero-order valence-electron chi connectivity index (χ0n) is 9.83.